The number of carbonyl (C=O) groups is 1. The van der Waals surface area contributed by atoms with Gasteiger partial charge in [0.2, 0.25) is 5.91 Å². The molecule has 3 rings (SSSR count). The van der Waals surface area contributed by atoms with Crippen molar-refractivity contribution in [1.82, 2.24) is 15.2 Å². The molecule has 0 unspecified atom stereocenters. The van der Waals surface area contributed by atoms with Gasteiger partial charge in [-0.1, -0.05) is 45.0 Å². The van der Waals surface area contributed by atoms with Crippen molar-refractivity contribution in [2.45, 2.75) is 46.2 Å². The quantitative estimate of drug-likeness (QED) is 0.836. The number of aromatic nitrogens is 1. The summed E-state index contributed by atoms with van der Waals surface area (Å²) in [5.74, 6) is 0.100. The number of rotatable bonds is 5. The molecule has 2 atom stereocenters. The molecule has 2 heterocycles. The third kappa shape index (κ3) is 5.16. The van der Waals surface area contributed by atoms with E-state index in [1.165, 1.54) is 6.07 Å². The van der Waals surface area contributed by atoms with Crippen molar-refractivity contribution in [3.8, 4) is 0 Å². The van der Waals surface area contributed by atoms with Gasteiger partial charge >= 0.3 is 0 Å². The van der Waals surface area contributed by atoms with Crippen LogP contribution in [0.4, 0.5) is 4.39 Å². The molecule has 1 amide bonds. The average molecular weight is 384 g/mol. The van der Waals surface area contributed by atoms with Gasteiger partial charge in [0.1, 0.15) is 5.82 Å². The second kappa shape index (κ2) is 8.82. The van der Waals surface area contributed by atoms with E-state index in [0.29, 0.717) is 6.54 Å². The standard InChI is InChI=1S/C23H30FN3O/c1-23(2,3)22(28)26-21(20-12-6-7-13-25-20)18-10-8-14-27(16-18)15-17-9-4-5-11-19(17)24/h4-7,9,11-13,18,21H,8,10,14-16H2,1-3H3,(H,26,28)/t18-,21-/m0/s1. The zero-order valence-electron chi connectivity index (χ0n) is 17.0. The van der Waals surface area contributed by atoms with Crippen LogP contribution in [0.2, 0.25) is 0 Å². The molecule has 150 valence electrons. The molecule has 1 fully saturated rings. The first-order valence-corrected chi connectivity index (χ1v) is 10.0. The molecule has 1 saturated heterocycles. The number of nitrogens with one attached hydrogen (secondary N) is 1. The molecule has 1 aromatic carbocycles. The predicted molar refractivity (Wildman–Crippen MR) is 109 cm³/mol. The highest BCUT2D eigenvalue weighted by atomic mass is 19.1. The van der Waals surface area contributed by atoms with Crippen molar-refractivity contribution in [2.75, 3.05) is 13.1 Å². The summed E-state index contributed by atoms with van der Waals surface area (Å²) in [7, 11) is 0. The predicted octanol–water partition coefficient (Wildman–Crippen LogP) is 4.34. The molecule has 0 bridgehead atoms. The maximum absolute atomic E-state index is 14.1. The summed E-state index contributed by atoms with van der Waals surface area (Å²) in [6.45, 7) is 8.09. The Hall–Kier alpha value is -2.27. The van der Waals surface area contributed by atoms with Crippen molar-refractivity contribution in [3.05, 3.63) is 65.7 Å². The van der Waals surface area contributed by atoms with E-state index in [1.54, 1.807) is 12.3 Å². The van der Waals surface area contributed by atoms with Crippen LogP contribution in [-0.4, -0.2) is 28.9 Å². The maximum Gasteiger partial charge on any atom is 0.225 e. The van der Waals surface area contributed by atoms with Gasteiger partial charge in [-0.15, -0.1) is 0 Å². The largest absolute Gasteiger partial charge is 0.347 e. The first-order chi connectivity index (χ1) is 13.3. The summed E-state index contributed by atoms with van der Waals surface area (Å²) in [5, 5.41) is 3.24. The SMILES string of the molecule is CC(C)(C)C(=O)N[C@H](c1ccccn1)[C@H]1CCCN(Cc2ccccc2F)C1. The molecule has 1 aromatic heterocycles. The summed E-state index contributed by atoms with van der Waals surface area (Å²) in [4.78, 5) is 19.5. The minimum Gasteiger partial charge on any atom is -0.347 e. The number of likely N-dealkylation sites (tertiary alicyclic amines) is 1. The Bertz CT molecular complexity index is 788. The fraction of sp³-hybridized carbons (Fsp3) is 0.478. The number of hydrogen-bond acceptors (Lipinski definition) is 3. The second-order valence-electron chi connectivity index (χ2n) is 8.68. The van der Waals surface area contributed by atoms with Crippen LogP contribution < -0.4 is 5.32 Å². The highest BCUT2D eigenvalue weighted by Gasteiger charge is 2.33. The van der Waals surface area contributed by atoms with Crippen molar-refractivity contribution in [1.29, 1.82) is 0 Å². The molecular weight excluding hydrogens is 353 g/mol. The lowest BCUT2D eigenvalue weighted by Crippen LogP contribution is -2.45. The molecule has 2 aromatic rings. The number of benzene rings is 1. The van der Waals surface area contributed by atoms with E-state index >= 15 is 0 Å². The normalized spacial score (nSPS) is 19.2. The molecule has 28 heavy (non-hydrogen) atoms. The highest BCUT2D eigenvalue weighted by molar-refractivity contribution is 5.81. The Balaban J connectivity index is 1.77. The zero-order chi connectivity index (χ0) is 20.1. The Kier molecular flexibility index (Phi) is 6.45. The molecule has 0 saturated carbocycles. The summed E-state index contributed by atoms with van der Waals surface area (Å²) in [6.07, 6.45) is 3.80. The summed E-state index contributed by atoms with van der Waals surface area (Å²) in [5.41, 5.74) is 1.14. The first-order valence-electron chi connectivity index (χ1n) is 10.0. The number of pyridine rings is 1. The van der Waals surface area contributed by atoms with Crippen molar-refractivity contribution < 1.29 is 9.18 Å². The minimum atomic E-state index is -0.464. The topological polar surface area (TPSA) is 45.2 Å². The van der Waals surface area contributed by atoms with Gasteiger partial charge in [-0.3, -0.25) is 14.7 Å². The fourth-order valence-corrected chi connectivity index (χ4v) is 3.73. The monoisotopic (exact) mass is 383 g/mol. The lowest BCUT2D eigenvalue weighted by atomic mass is 9.86. The zero-order valence-corrected chi connectivity index (χ0v) is 17.0. The Morgan fingerprint density at radius 3 is 2.68 bits per heavy atom. The van der Waals surface area contributed by atoms with Gasteiger partial charge in [-0.05, 0) is 43.5 Å². The van der Waals surface area contributed by atoms with Crippen LogP contribution in [0.25, 0.3) is 0 Å². The molecule has 1 aliphatic rings. The van der Waals surface area contributed by atoms with Crippen LogP contribution in [0.5, 0.6) is 0 Å². The number of hydrogen-bond donors (Lipinski definition) is 1. The third-order valence-corrected chi connectivity index (χ3v) is 5.34. The van der Waals surface area contributed by atoms with E-state index in [2.05, 4.69) is 15.2 Å². The second-order valence-corrected chi connectivity index (χ2v) is 8.68. The lowest BCUT2D eigenvalue weighted by Gasteiger charge is -2.38. The summed E-state index contributed by atoms with van der Waals surface area (Å²) < 4.78 is 14.1. The van der Waals surface area contributed by atoms with Crippen LogP contribution >= 0.6 is 0 Å². The maximum atomic E-state index is 14.1. The molecule has 1 N–H and O–H groups in total. The van der Waals surface area contributed by atoms with E-state index in [0.717, 1.165) is 37.2 Å². The first kappa shape index (κ1) is 20.5. The van der Waals surface area contributed by atoms with Gasteiger partial charge in [-0.2, -0.15) is 0 Å². The molecule has 0 aliphatic carbocycles. The number of halogens is 1. The van der Waals surface area contributed by atoms with Gasteiger partial charge < -0.3 is 5.32 Å². The van der Waals surface area contributed by atoms with Crippen LogP contribution in [0.1, 0.15) is 50.9 Å². The number of amides is 1. The van der Waals surface area contributed by atoms with Gasteiger partial charge in [0.05, 0.1) is 11.7 Å². The van der Waals surface area contributed by atoms with Gasteiger partial charge in [0.25, 0.3) is 0 Å². The van der Waals surface area contributed by atoms with Crippen LogP contribution in [-0.2, 0) is 11.3 Å². The van der Waals surface area contributed by atoms with Crippen LogP contribution in [0, 0.1) is 17.2 Å². The number of carbonyl (C=O) groups excluding carboxylic acids is 1. The summed E-state index contributed by atoms with van der Waals surface area (Å²) in [6, 6.07) is 12.6. The van der Waals surface area contributed by atoms with Gasteiger partial charge in [0.15, 0.2) is 0 Å². The van der Waals surface area contributed by atoms with Gasteiger partial charge in [0, 0.05) is 30.3 Å². The smallest absolute Gasteiger partial charge is 0.225 e. The van der Waals surface area contributed by atoms with Crippen molar-refractivity contribution >= 4 is 5.91 Å². The van der Waals surface area contributed by atoms with E-state index < -0.39 is 5.41 Å². The lowest BCUT2D eigenvalue weighted by molar-refractivity contribution is -0.130. The average Bonchev–Trinajstić information content (AvgIpc) is 2.68. The van der Waals surface area contributed by atoms with Crippen molar-refractivity contribution in [3.63, 3.8) is 0 Å². The minimum absolute atomic E-state index is 0.0226. The molecule has 5 heteroatoms. The van der Waals surface area contributed by atoms with Crippen LogP contribution in [0.3, 0.4) is 0 Å². The molecule has 4 nitrogen and oxygen atoms in total. The Morgan fingerprint density at radius 2 is 2.00 bits per heavy atom. The van der Waals surface area contributed by atoms with E-state index in [-0.39, 0.29) is 23.7 Å². The molecular formula is C23H30FN3O. The van der Waals surface area contributed by atoms with Gasteiger partial charge in [-0.25, -0.2) is 4.39 Å². The Morgan fingerprint density at radius 1 is 1.25 bits per heavy atom. The van der Waals surface area contributed by atoms with Crippen molar-refractivity contribution in [2.24, 2.45) is 11.3 Å². The van der Waals surface area contributed by atoms with E-state index in [4.69, 9.17) is 0 Å². The van der Waals surface area contributed by atoms with E-state index in [9.17, 15) is 9.18 Å². The highest BCUT2D eigenvalue weighted by Crippen LogP contribution is 2.31. The number of piperidine rings is 1. The Labute approximate surface area is 167 Å². The third-order valence-electron chi connectivity index (χ3n) is 5.34. The molecule has 0 radical (unpaired) electrons. The van der Waals surface area contributed by atoms with E-state index in [1.807, 2.05) is 51.1 Å². The summed E-state index contributed by atoms with van der Waals surface area (Å²) >= 11 is 0. The molecule has 0 spiro atoms. The molecule has 1 aliphatic heterocycles. The van der Waals surface area contributed by atoms with Crippen LogP contribution in [0.15, 0.2) is 48.7 Å². The number of nitrogens with zero attached hydrogens (tertiary/aromatic N) is 2. The fourth-order valence-electron chi connectivity index (χ4n) is 3.73.